The molecule has 2 aliphatic heterocycles. The van der Waals surface area contributed by atoms with Crippen LogP contribution in [0, 0.1) is 13.8 Å². The third-order valence-electron chi connectivity index (χ3n) is 4.98. The Morgan fingerprint density at radius 2 is 2.17 bits per heavy atom. The molecule has 29 heavy (non-hydrogen) atoms. The van der Waals surface area contributed by atoms with Gasteiger partial charge in [0.2, 0.25) is 5.91 Å². The van der Waals surface area contributed by atoms with Gasteiger partial charge in [-0.05, 0) is 36.7 Å². The Labute approximate surface area is 167 Å². The third kappa shape index (κ3) is 4.25. The smallest absolute Gasteiger partial charge is 0.394 e. The predicted octanol–water partition coefficient (Wildman–Crippen LogP) is 2.93. The molecule has 154 valence electrons. The van der Waals surface area contributed by atoms with E-state index < -0.39 is 6.97 Å². The molecule has 0 fully saturated rings. The predicted molar refractivity (Wildman–Crippen MR) is 107 cm³/mol. The number of aromatic nitrogens is 1. The van der Waals surface area contributed by atoms with Gasteiger partial charge in [-0.15, -0.1) is 0 Å². The summed E-state index contributed by atoms with van der Waals surface area (Å²) in [6.07, 6.45) is 5.41. The first-order chi connectivity index (χ1) is 13.9. The van der Waals surface area contributed by atoms with E-state index in [1.165, 1.54) is 0 Å². The number of amides is 1. The molecule has 3 heterocycles. The Kier molecular flexibility index (Phi) is 6.19. The minimum Gasteiger partial charge on any atom is -0.394 e. The zero-order chi connectivity index (χ0) is 21.0. The van der Waals surface area contributed by atoms with Crippen LogP contribution in [0.2, 0.25) is 0 Å². The number of ether oxygens (including phenoxy) is 1. The van der Waals surface area contributed by atoms with E-state index >= 15 is 8.63 Å². The Balaban J connectivity index is 1.59. The summed E-state index contributed by atoms with van der Waals surface area (Å²) < 4.78 is 37.9. The molecule has 0 saturated heterocycles. The molecule has 3 rings (SSSR count). The van der Waals surface area contributed by atoms with Crippen molar-refractivity contribution in [2.75, 3.05) is 26.3 Å². The number of aryl methyl sites for hydroxylation is 2. The molecule has 0 unspecified atom stereocenters. The van der Waals surface area contributed by atoms with Gasteiger partial charge in [-0.3, -0.25) is 4.79 Å². The minimum absolute atomic E-state index is 0.102. The number of allylic oxidation sites excluding steroid dienone is 2. The van der Waals surface area contributed by atoms with E-state index in [-0.39, 0.29) is 31.9 Å². The zero-order valence-electron chi connectivity index (χ0n) is 16.4. The Bertz CT molecular complexity index is 960. The second kappa shape index (κ2) is 8.63. The van der Waals surface area contributed by atoms with Crippen molar-refractivity contribution in [1.82, 2.24) is 9.79 Å². The molecular weight excluding hydrogens is 381 g/mol. The molecule has 1 amide bonds. The largest absolute Gasteiger partial charge is 0.737 e. The number of nitrogens with one attached hydrogen (secondary N) is 1. The Hall–Kier alpha value is -2.91. The lowest BCUT2D eigenvalue weighted by atomic mass is 9.90. The molecule has 0 aliphatic carbocycles. The molecule has 1 aromatic rings. The van der Waals surface area contributed by atoms with Gasteiger partial charge in [0, 0.05) is 54.8 Å². The average Bonchev–Trinajstić information content (AvgIpc) is 3.21. The maximum absolute atomic E-state index is 15.3. The summed E-state index contributed by atoms with van der Waals surface area (Å²) in [5, 5.41) is 6.02. The van der Waals surface area contributed by atoms with Crippen LogP contribution in [0.25, 0.3) is 16.5 Å². The highest BCUT2D eigenvalue weighted by Gasteiger charge is 2.52. The maximum atomic E-state index is 15.3. The fourth-order valence-electron chi connectivity index (χ4n) is 3.74. The molecule has 11 heteroatoms. The van der Waals surface area contributed by atoms with E-state index in [4.69, 9.17) is 10.3 Å². The molecular formula is C18H23BF2N6O2. The van der Waals surface area contributed by atoms with Crippen molar-refractivity contribution in [3.8, 4) is 0 Å². The van der Waals surface area contributed by atoms with Crippen LogP contribution < -0.4 is 5.32 Å². The van der Waals surface area contributed by atoms with E-state index in [1.807, 2.05) is 6.92 Å². The summed E-state index contributed by atoms with van der Waals surface area (Å²) >= 11 is 0. The Morgan fingerprint density at radius 1 is 1.38 bits per heavy atom. The third-order valence-corrected chi connectivity index (χ3v) is 4.98. The number of halogens is 2. The van der Waals surface area contributed by atoms with Crippen molar-refractivity contribution in [3.05, 3.63) is 51.3 Å². The molecule has 2 aliphatic rings. The van der Waals surface area contributed by atoms with Crippen LogP contribution >= 0.6 is 0 Å². The van der Waals surface area contributed by atoms with Crippen molar-refractivity contribution in [1.29, 1.82) is 0 Å². The first kappa shape index (κ1) is 20.8. The van der Waals surface area contributed by atoms with Crippen LogP contribution in [-0.2, 0) is 9.53 Å². The van der Waals surface area contributed by atoms with Crippen LogP contribution in [-0.4, -0.2) is 53.9 Å². The summed E-state index contributed by atoms with van der Waals surface area (Å²) in [5.74, 6) is -0.233. The van der Waals surface area contributed by atoms with E-state index in [0.717, 1.165) is 14.5 Å². The SMILES string of the molecule is Cc1cc(C)n2c1C=C1C=CC(CCC(=O)NCCOCCN=[N+]=[N-])=[N+]1[B-]2(F)F. The average molecular weight is 404 g/mol. The first-order valence-corrected chi connectivity index (χ1v) is 9.47. The lowest BCUT2D eigenvalue weighted by Crippen LogP contribution is -2.50. The second-order valence-electron chi connectivity index (χ2n) is 6.99. The van der Waals surface area contributed by atoms with E-state index in [1.54, 1.807) is 31.2 Å². The fourth-order valence-corrected chi connectivity index (χ4v) is 3.74. The molecule has 0 radical (unpaired) electrons. The van der Waals surface area contributed by atoms with Crippen LogP contribution in [0.5, 0.6) is 0 Å². The molecule has 0 aromatic carbocycles. The molecule has 0 spiro atoms. The maximum Gasteiger partial charge on any atom is 0.737 e. The van der Waals surface area contributed by atoms with Gasteiger partial charge < -0.3 is 27.6 Å². The van der Waals surface area contributed by atoms with Crippen LogP contribution in [0.1, 0.15) is 29.8 Å². The van der Waals surface area contributed by atoms with Gasteiger partial charge in [-0.2, -0.15) is 0 Å². The van der Waals surface area contributed by atoms with Crippen molar-refractivity contribution < 1.29 is 22.6 Å². The summed E-state index contributed by atoms with van der Waals surface area (Å²) in [6, 6.07) is 1.76. The number of azide groups is 1. The summed E-state index contributed by atoms with van der Waals surface area (Å²) in [5.41, 5.74) is 10.9. The van der Waals surface area contributed by atoms with Gasteiger partial charge in [-0.1, -0.05) is 5.11 Å². The standard InChI is InChI=1S/C18H23BF2N6O2/c1-13-11-14(2)26-17(13)12-16-4-3-15(27(16)19(26,20)21)5-6-18(28)23-7-9-29-10-8-24-25-22/h3-4,11-12H,5-10H2,1-2H3,(H,23,28). The normalized spacial score (nSPS) is 16.2. The number of hydrogen-bond acceptors (Lipinski definition) is 3. The Morgan fingerprint density at radius 3 is 2.93 bits per heavy atom. The lowest BCUT2D eigenvalue weighted by molar-refractivity contribution is -0.362. The second-order valence-corrected chi connectivity index (χ2v) is 6.99. The van der Waals surface area contributed by atoms with Crippen molar-refractivity contribution in [2.45, 2.75) is 26.7 Å². The molecule has 0 saturated carbocycles. The quantitative estimate of drug-likeness (QED) is 0.225. The number of carbonyl (C=O) groups is 1. The first-order valence-electron chi connectivity index (χ1n) is 9.47. The summed E-state index contributed by atoms with van der Waals surface area (Å²) in [6.45, 7) is 0.611. The van der Waals surface area contributed by atoms with Gasteiger partial charge in [0.25, 0.3) is 0 Å². The molecule has 0 atom stereocenters. The minimum atomic E-state index is -4.00. The van der Waals surface area contributed by atoms with Crippen LogP contribution in [0.15, 0.2) is 29.0 Å². The number of fused-ring (bicyclic) bond motifs is 2. The summed E-state index contributed by atoms with van der Waals surface area (Å²) in [7, 11) is 0. The molecule has 8 nitrogen and oxygen atoms in total. The van der Waals surface area contributed by atoms with Gasteiger partial charge >= 0.3 is 6.97 Å². The van der Waals surface area contributed by atoms with Gasteiger partial charge in [0.1, 0.15) is 5.71 Å². The van der Waals surface area contributed by atoms with E-state index in [0.29, 0.717) is 35.9 Å². The van der Waals surface area contributed by atoms with E-state index in [2.05, 4.69) is 15.3 Å². The molecule has 1 aromatic heterocycles. The lowest BCUT2D eigenvalue weighted by Gasteiger charge is -2.30. The number of rotatable bonds is 9. The van der Waals surface area contributed by atoms with Crippen molar-refractivity contribution in [3.63, 3.8) is 0 Å². The highest BCUT2D eigenvalue weighted by Crippen LogP contribution is 2.34. The summed E-state index contributed by atoms with van der Waals surface area (Å²) in [4.78, 5) is 14.6. The molecule has 0 bridgehead atoms. The van der Waals surface area contributed by atoms with E-state index in [9.17, 15) is 4.79 Å². The van der Waals surface area contributed by atoms with Crippen molar-refractivity contribution in [2.24, 2.45) is 5.11 Å². The highest BCUT2D eigenvalue weighted by atomic mass is 19.2. The number of carbonyl (C=O) groups excluding carboxylic acids is 1. The molecule has 1 N–H and O–H groups in total. The highest BCUT2D eigenvalue weighted by molar-refractivity contribution is 6.58. The number of nitrogens with zero attached hydrogens (tertiary/aromatic N) is 5. The zero-order valence-corrected chi connectivity index (χ0v) is 16.4. The van der Waals surface area contributed by atoms with Gasteiger partial charge in [-0.25, -0.2) is 0 Å². The topological polar surface area (TPSA) is 95.0 Å². The monoisotopic (exact) mass is 404 g/mol. The van der Waals surface area contributed by atoms with Crippen molar-refractivity contribution >= 4 is 24.7 Å². The van der Waals surface area contributed by atoms with Gasteiger partial charge in [0.15, 0.2) is 5.70 Å². The van der Waals surface area contributed by atoms with Gasteiger partial charge in [0.05, 0.1) is 13.2 Å². The number of hydrogen-bond donors (Lipinski definition) is 1. The fraction of sp³-hybridized carbons (Fsp3) is 0.444. The van der Waals surface area contributed by atoms with Crippen LogP contribution in [0.4, 0.5) is 8.63 Å². The van der Waals surface area contributed by atoms with Crippen LogP contribution in [0.3, 0.4) is 0 Å².